The Morgan fingerprint density at radius 2 is 1.69 bits per heavy atom. The molecule has 2 aliphatic heterocycles. The lowest BCUT2D eigenvalue weighted by Crippen LogP contribution is -2.41. The molecule has 1 saturated heterocycles. The second-order valence-corrected chi connectivity index (χ2v) is 9.61. The Morgan fingerprint density at radius 1 is 0.914 bits per heavy atom. The van der Waals surface area contributed by atoms with Crippen LogP contribution < -0.4 is 4.74 Å². The van der Waals surface area contributed by atoms with Crippen LogP contribution in [0.1, 0.15) is 52.4 Å². The van der Waals surface area contributed by atoms with E-state index in [1.165, 1.54) is 32.4 Å². The summed E-state index contributed by atoms with van der Waals surface area (Å²) in [6, 6.07) is 23.2. The summed E-state index contributed by atoms with van der Waals surface area (Å²) in [5.74, 6) is 1.21. The molecule has 1 N–H and O–H groups in total. The van der Waals surface area contributed by atoms with Gasteiger partial charge in [-0.25, -0.2) is 0 Å². The first-order chi connectivity index (χ1) is 17.2. The fourth-order valence-electron chi connectivity index (χ4n) is 5.33. The SMILES string of the molecule is O=C(c1ccccc1)N1CCc2cc(O)ccc2C1Cc1ccc(OCCN2CCCCC2)cc1. The maximum absolute atomic E-state index is 13.4. The van der Waals surface area contributed by atoms with Gasteiger partial charge in [0, 0.05) is 18.7 Å². The molecule has 1 atom stereocenters. The van der Waals surface area contributed by atoms with Crippen LogP contribution in [0.15, 0.2) is 72.8 Å². The molecule has 0 bridgehead atoms. The van der Waals surface area contributed by atoms with Gasteiger partial charge in [-0.1, -0.05) is 42.8 Å². The van der Waals surface area contributed by atoms with E-state index in [0.717, 1.165) is 35.4 Å². The standard InChI is InChI=1S/C30H34N2O3/c33-26-11-14-28-25(22-26)15-18-32(30(34)24-7-3-1-4-8-24)29(28)21-23-9-12-27(13-10-23)35-20-19-31-16-5-2-6-17-31/h1,3-4,7-14,22,29,33H,2,5-6,15-21H2. The average Bonchev–Trinajstić information content (AvgIpc) is 2.90. The van der Waals surface area contributed by atoms with E-state index in [-0.39, 0.29) is 17.7 Å². The molecule has 1 amide bonds. The van der Waals surface area contributed by atoms with E-state index < -0.39 is 0 Å². The van der Waals surface area contributed by atoms with Gasteiger partial charge in [0.15, 0.2) is 0 Å². The molecular weight excluding hydrogens is 436 g/mol. The summed E-state index contributed by atoms with van der Waals surface area (Å²) >= 11 is 0. The quantitative estimate of drug-likeness (QED) is 0.513. The maximum atomic E-state index is 13.4. The number of hydrogen-bond acceptors (Lipinski definition) is 4. The topological polar surface area (TPSA) is 53.0 Å². The lowest BCUT2D eigenvalue weighted by molar-refractivity contribution is 0.0660. The largest absolute Gasteiger partial charge is 0.508 e. The smallest absolute Gasteiger partial charge is 0.254 e. The molecule has 2 aliphatic rings. The van der Waals surface area contributed by atoms with Gasteiger partial charge in [0.05, 0.1) is 6.04 Å². The summed E-state index contributed by atoms with van der Waals surface area (Å²) in [5, 5.41) is 10.0. The highest BCUT2D eigenvalue weighted by atomic mass is 16.5. The van der Waals surface area contributed by atoms with Crippen molar-refractivity contribution >= 4 is 5.91 Å². The summed E-state index contributed by atoms with van der Waals surface area (Å²) in [5.41, 5.74) is 4.09. The van der Waals surface area contributed by atoms with Crippen molar-refractivity contribution in [2.24, 2.45) is 0 Å². The van der Waals surface area contributed by atoms with Crippen molar-refractivity contribution in [1.82, 2.24) is 9.80 Å². The molecule has 0 saturated carbocycles. The molecule has 5 rings (SSSR count). The van der Waals surface area contributed by atoms with Crippen LogP contribution in [0.25, 0.3) is 0 Å². The first-order valence-electron chi connectivity index (χ1n) is 12.8. The van der Waals surface area contributed by atoms with Crippen LogP contribution in [0.5, 0.6) is 11.5 Å². The average molecular weight is 471 g/mol. The van der Waals surface area contributed by atoms with Crippen LogP contribution in [-0.2, 0) is 12.8 Å². The van der Waals surface area contributed by atoms with E-state index in [9.17, 15) is 9.90 Å². The summed E-state index contributed by atoms with van der Waals surface area (Å²) in [7, 11) is 0. The van der Waals surface area contributed by atoms with Gasteiger partial charge in [-0.05, 0) is 91.9 Å². The highest BCUT2D eigenvalue weighted by Crippen LogP contribution is 2.35. The molecule has 0 radical (unpaired) electrons. The van der Waals surface area contributed by atoms with Crippen LogP contribution >= 0.6 is 0 Å². The molecule has 3 aromatic carbocycles. The molecule has 0 aliphatic carbocycles. The fraction of sp³-hybridized carbons (Fsp3) is 0.367. The number of likely N-dealkylation sites (tertiary alicyclic amines) is 1. The van der Waals surface area contributed by atoms with Crippen molar-refractivity contribution in [1.29, 1.82) is 0 Å². The highest BCUT2D eigenvalue weighted by Gasteiger charge is 2.31. The normalized spacial score (nSPS) is 18.2. The number of nitrogens with zero attached hydrogens (tertiary/aromatic N) is 2. The molecule has 0 spiro atoms. The van der Waals surface area contributed by atoms with Crippen molar-refractivity contribution in [3.05, 3.63) is 95.1 Å². The predicted octanol–water partition coefficient (Wildman–Crippen LogP) is 5.24. The number of amides is 1. The van der Waals surface area contributed by atoms with Crippen molar-refractivity contribution in [3.63, 3.8) is 0 Å². The fourth-order valence-corrected chi connectivity index (χ4v) is 5.33. The van der Waals surface area contributed by atoms with Crippen LogP contribution in [0.2, 0.25) is 0 Å². The molecule has 3 aromatic rings. The second kappa shape index (κ2) is 11.0. The Kier molecular flexibility index (Phi) is 7.34. The number of fused-ring (bicyclic) bond motifs is 1. The molecule has 1 fully saturated rings. The number of rotatable bonds is 7. The third-order valence-corrected chi connectivity index (χ3v) is 7.24. The Balaban J connectivity index is 1.29. The molecule has 2 heterocycles. The number of benzene rings is 3. The van der Waals surface area contributed by atoms with Gasteiger partial charge in [-0.3, -0.25) is 9.69 Å². The summed E-state index contributed by atoms with van der Waals surface area (Å²) in [6.45, 7) is 4.68. The number of hydrogen-bond donors (Lipinski definition) is 1. The number of carbonyl (C=O) groups is 1. The zero-order chi connectivity index (χ0) is 24.0. The van der Waals surface area contributed by atoms with Crippen molar-refractivity contribution in [2.45, 2.75) is 38.1 Å². The number of phenols is 1. The first-order valence-corrected chi connectivity index (χ1v) is 12.8. The molecule has 0 aromatic heterocycles. The van der Waals surface area contributed by atoms with Crippen LogP contribution in [0.3, 0.4) is 0 Å². The summed E-state index contributed by atoms with van der Waals surface area (Å²) in [6.07, 6.45) is 5.39. The lowest BCUT2D eigenvalue weighted by atomic mass is 9.88. The van der Waals surface area contributed by atoms with Gasteiger partial charge >= 0.3 is 0 Å². The van der Waals surface area contributed by atoms with E-state index in [1.807, 2.05) is 59.5 Å². The Bertz CT molecular complexity index is 1120. The first kappa shape index (κ1) is 23.4. The number of aromatic hydroxyl groups is 1. The number of phenolic OH excluding ortho intramolecular Hbond substituents is 1. The van der Waals surface area contributed by atoms with E-state index in [1.54, 1.807) is 6.07 Å². The van der Waals surface area contributed by atoms with Crippen molar-refractivity contribution < 1.29 is 14.6 Å². The van der Waals surface area contributed by atoms with Gasteiger partial charge in [0.25, 0.3) is 5.91 Å². The lowest BCUT2D eigenvalue weighted by Gasteiger charge is -2.38. The highest BCUT2D eigenvalue weighted by molar-refractivity contribution is 5.94. The third-order valence-electron chi connectivity index (χ3n) is 7.24. The third kappa shape index (κ3) is 5.68. The number of piperidine rings is 1. The Labute approximate surface area is 208 Å². The minimum absolute atomic E-state index is 0.0481. The van der Waals surface area contributed by atoms with E-state index in [0.29, 0.717) is 25.1 Å². The molecular formula is C30H34N2O3. The number of carbonyl (C=O) groups excluding carboxylic acids is 1. The van der Waals surface area contributed by atoms with Gasteiger partial charge in [-0.2, -0.15) is 0 Å². The second-order valence-electron chi connectivity index (χ2n) is 9.61. The molecule has 5 nitrogen and oxygen atoms in total. The van der Waals surface area contributed by atoms with Crippen LogP contribution in [0.4, 0.5) is 0 Å². The minimum Gasteiger partial charge on any atom is -0.508 e. The predicted molar refractivity (Wildman–Crippen MR) is 138 cm³/mol. The molecule has 182 valence electrons. The van der Waals surface area contributed by atoms with Gasteiger partial charge in [-0.15, -0.1) is 0 Å². The van der Waals surface area contributed by atoms with Crippen molar-refractivity contribution in [3.8, 4) is 11.5 Å². The minimum atomic E-state index is -0.0853. The zero-order valence-corrected chi connectivity index (χ0v) is 20.2. The Hall–Kier alpha value is -3.31. The molecule has 35 heavy (non-hydrogen) atoms. The zero-order valence-electron chi connectivity index (χ0n) is 20.2. The van der Waals surface area contributed by atoms with E-state index in [2.05, 4.69) is 17.0 Å². The summed E-state index contributed by atoms with van der Waals surface area (Å²) in [4.78, 5) is 17.9. The van der Waals surface area contributed by atoms with E-state index >= 15 is 0 Å². The number of ether oxygens (including phenoxy) is 1. The van der Waals surface area contributed by atoms with Crippen LogP contribution in [-0.4, -0.2) is 53.6 Å². The molecule has 1 unspecified atom stereocenters. The summed E-state index contributed by atoms with van der Waals surface area (Å²) < 4.78 is 6.01. The van der Waals surface area contributed by atoms with Gasteiger partial charge < -0.3 is 14.7 Å². The van der Waals surface area contributed by atoms with E-state index in [4.69, 9.17) is 4.74 Å². The Morgan fingerprint density at radius 3 is 2.46 bits per heavy atom. The van der Waals surface area contributed by atoms with Crippen LogP contribution in [0, 0.1) is 0 Å². The monoisotopic (exact) mass is 470 g/mol. The van der Waals surface area contributed by atoms with Crippen molar-refractivity contribution in [2.75, 3.05) is 32.8 Å². The maximum Gasteiger partial charge on any atom is 0.254 e. The van der Waals surface area contributed by atoms with Gasteiger partial charge in [0.2, 0.25) is 0 Å². The molecule has 5 heteroatoms. The van der Waals surface area contributed by atoms with Gasteiger partial charge in [0.1, 0.15) is 18.1 Å².